The summed E-state index contributed by atoms with van der Waals surface area (Å²) in [5.41, 5.74) is 10.1. The first-order valence-electron chi connectivity index (χ1n) is 9.07. The van der Waals surface area contributed by atoms with Crippen LogP contribution >= 0.6 is 11.3 Å². The standard InChI is InChI=1S/C20H20FN5OS/c21-14-8-6-13(7-9-14)11-23-19(27)20-25-24-18(28-20)12-26-10-2-3-15-16(22)4-1-5-17(15)26/h1,4-9H,2-3,10-12,22H2,(H,23,27). The Hall–Kier alpha value is -3.00. The molecule has 0 saturated heterocycles. The molecule has 0 radical (unpaired) electrons. The van der Waals surface area contributed by atoms with Gasteiger partial charge in [0.25, 0.3) is 5.91 Å². The highest BCUT2D eigenvalue weighted by Crippen LogP contribution is 2.32. The first-order chi connectivity index (χ1) is 13.6. The average molecular weight is 397 g/mol. The maximum Gasteiger partial charge on any atom is 0.282 e. The van der Waals surface area contributed by atoms with E-state index in [9.17, 15) is 9.18 Å². The Morgan fingerprint density at radius 1 is 1.21 bits per heavy atom. The number of halogens is 1. The van der Waals surface area contributed by atoms with Crippen LogP contribution in [0, 0.1) is 5.82 Å². The molecule has 0 unspecified atom stereocenters. The molecule has 0 fully saturated rings. The Kier molecular flexibility index (Phi) is 5.21. The van der Waals surface area contributed by atoms with Crippen LogP contribution in [0.15, 0.2) is 42.5 Å². The molecule has 2 aromatic carbocycles. The van der Waals surface area contributed by atoms with E-state index in [1.165, 1.54) is 29.0 Å². The maximum atomic E-state index is 12.9. The van der Waals surface area contributed by atoms with E-state index >= 15 is 0 Å². The van der Waals surface area contributed by atoms with Gasteiger partial charge >= 0.3 is 0 Å². The second-order valence-corrected chi connectivity index (χ2v) is 7.74. The van der Waals surface area contributed by atoms with Crippen molar-refractivity contribution in [3.8, 4) is 0 Å². The van der Waals surface area contributed by atoms with Crippen LogP contribution in [0.4, 0.5) is 15.8 Å². The summed E-state index contributed by atoms with van der Waals surface area (Å²) < 4.78 is 12.9. The number of nitrogens with one attached hydrogen (secondary N) is 1. The fourth-order valence-electron chi connectivity index (χ4n) is 3.32. The summed E-state index contributed by atoms with van der Waals surface area (Å²) >= 11 is 1.28. The van der Waals surface area contributed by atoms with Crippen molar-refractivity contribution in [1.29, 1.82) is 0 Å². The van der Waals surface area contributed by atoms with Crippen LogP contribution in [0.2, 0.25) is 0 Å². The normalized spacial score (nSPS) is 13.2. The molecular formula is C20H20FN5OS. The van der Waals surface area contributed by atoms with Gasteiger partial charge in [0.15, 0.2) is 0 Å². The number of fused-ring (bicyclic) bond motifs is 1. The lowest BCUT2D eigenvalue weighted by atomic mass is 10.00. The third-order valence-electron chi connectivity index (χ3n) is 4.74. The SMILES string of the molecule is Nc1cccc2c1CCCN2Cc1nnc(C(=O)NCc2ccc(F)cc2)s1. The number of aromatic nitrogens is 2. The van der Waals surface area contributed by atoms with E-state index in [-0.39, 0.29) is 11.7 Å². The van der Waals surface area contributed by atoms with E-state index in [4.69, 9.17) is 5.73 Å². The van der Waals surface area contributed by atoms with E-state index in [0.717, 1.165) is 41.3 Å². The van der Waals surface area contributed by atoms with Gasteiger partial charge in [-0.05, 0) is 48.2 Å². The van der Waals surface area contributed by atoms with Crippen LogP contribution in [0.1, 0.15) is 32.4 Å². The third kappa shape index (κ3) is 3.96. The molecule has 8 heteroatoms. The van der Waals surface area contributed by atoms with Crippen molar-refractivity contribution in [1.82, 2.24) is 15.5 Å². The second-order valence-electron chi connectivity index (χ2n) is 6.68. The molecule has 3 aromatic rings. The molecule has 6 nitrogen and oxygen atoms in total. The lowest BCUT2D eigenvalue weighted by molar-refractivity contribution is 0.0950. The lowest BCUT2D eigenvalue weighted by Crippen LogP contribution is -2.29. The molecule has 0 aliphatic carbocycles. The van der Waals surface area contributed by atoms with Crippen LogP contribution in [0.3, 0.4) is 0 Å². The molecule has 0 saturated carbocycles. The number of hydrogen-bond donors (Lipinski definition) is 2. The van der Waals surface area contributed by atoms with Gasteiger partial charge in [-0.15, -0.1) is 10.2 Å². The van der Waals surface area contributed by atoms with E-state index in [1.54, 1.807) is 12.1 Å². The molecule has 0 spiro atoms. The van der Waals surface area contributed by atoms with E-state index in [0.29, 0.717) is 18.1 Å². The molecule has 1 aliphatic rings. The number of anilines is 2. The zero-order valence-corrected chi connectivity index (χ0v) is 16.0. The molecular weight excluding hydrogens is 377 g/mol. The third-order valence-corrected chi connectivity index (χ3v) is 5.64. The smallest absolute Gasteiger partial charge is 0.282 e. The first-order valence-corrected chi connectivity index (χ1v) is 9.89. The topological polar surface area (TPSA) is 84.1 Å². The molecule has 3 N–H and O–H groups in total. The summed E-state index contributed by atoms with van der Waals surface area (Å²) in [7, 11) is 0. The largest absolute Gasteiger partial charge is 0.398 e. The van der Waals surface area contributed by atoms with Crippen LogP contribution in [-0.2, 0) is 19.5 Å². The van der Waals surface area contributed by atoms with Gasteiger partial charge in [-0.2, -0.15) is 0 Å². The van der Waals surface area contributed by atoms with Gasteiger partial charge in [0.1, 0.15) is 10.8 Å². The maximum absolute atomic E-state index is 12.9. The minimum atomic E-state index is -0.301. The number of nitrogens with two attached hydrogens (primary N) is 1. The van der Waals surface area contributed by atoms with Gasteiger partial charge in [0.05, 0.1) is 6.54 Å². The van der Waals surface area contributed by atoms with Crippen LogP contribution in [0.25, 0.3) is 0 Å². The quantitative estimate of drug-likeness (QED) is 0.646. The highest BCUT2D eigenvalue weighted by atomic mass is 32.1. The number of benzene rings is 2. The second kappa shape index (κ2) is 7.93. The van der Waals surface area contributed by atoms with Gasteiger partial charge in [0, 0.05) is 24.5 Å². The van der Waals surface area contributed by atoms with Gasteiger partial charge in [-0.25, -0.2) is 4.39 Å². The number of nitrogen functional groups attached to an aromatic ring is 1. The van der Waals surface area contributed by atoms with Crippen molar-refractivity contribution < 1.29 is 9.18 Å². The van der Waals surface area contributed by atoms with Gasteiger partial charge < -0.3 is 16.0 Å². The number of carbonyl (C=O) groups excluding carboxylic acids is 1. The average Bonchev–Trinajstić information content (AvgIpc) is 3.17. The van der Waals surface area contributed by atoms with Crippen molar-refractivity contribution in [3.63, 3.8) is 0 Å². The zero-order valence-electron chi connectivity index (χ0n) is 15.2. The molecule has 0 bridgehead atoms. The van der Waals surface area contributed by atoms with E-state index in [1.807, 2.05) is 12.1 Å². The number of carbonyl (C=O) groups is 1. The summed E-state index contributed by atoms with van der Waals surface area (Å²) in [4.78, 5) is 14.6. The van der Waals surface area contributed by atoms with Crippen molar-refractivity contribution >= 4 is 28.6 Å². The van der Waals surface area contributed by atoms with Crippen LogP contribution in [0.5, 0.6) is 0 Å². The Bertz CT molecular complexity index is 989. The summed E-state index contributed by atoms with van der Waals surface area (Å²) in [6.07, 6.45) is 2.01. The predicted octanol–water partition coefficient (Wildman–Crippen LogP) is 3.14. The number of hydrogen-bond acceptors (Lipinski definition) is 6. The van der Waals surface area contributed by atoms with Crippen molar-refractivity contribution in [2.45, 2.75) is 25.9 Å². The number of amides is 1. The fourth-order valence-corrected chi connectivity index (χ4v) is 4.10. The molecule has 28 heavy (non-hydrogen) atoms. The highest BCUT2D eigenvalue weighted by Gasteiger charge is 2.21. The molecule has 4 rings (SSSR count). The molecule has 0 atom stereocenters. The molecule has 2 heterocycles. The van der Waals surface area contributed by atoms with Crippen molar-refractivity contribution in [2.75, 3.05) is 17.2 Å². The minimum Gasteiger partial charge on any atom is -0.398 e. The first kappa shape index (κ1) is 18.4. The van der Waals surface area contributed by atoms with Crippen LogP contribution < -0.4 is 16.0 Å². The van der Waals surface area contributed by atoms with Gasteiger partial charge in [-0.3, -0.25) is 4.79 Å². The molecule has 144 valence electrons. The van der Waals surface area contributed by atoms with Crippen LogP contribution in [-0.4, -0.2) is 22.6 Å². The van der Waals surface area contributed by atoms with E-state index in [2.05, 4.69) is 26.5 Å². The molecule has 1 aliphatic heterocycles. The Balaban J connectivity index is 1.40. The predicted molar refractivity (Wildman–Crippen MR) is 108 cm³/mol. The summed E-state index contributed by atoms with van der Waals surface area (Å²) in [5.74, 6) is -0.582. The fraction of sp³-hybridized carbons (Fsp3) is 0.250. The summed E-state index contributed by atoms with van der Waals surface area (Å²) in [6.45, 7) is 1.83. The number of rotatable bonds is 5. The minimum absolute atomic E-state index is 0.281. The Morgan fingerprint density at radius 2 is 2.04 bits per heavy atom. The van der Waals surface area contributed by atoms with Gasteiger partial charge in [0.2, 0.25) is 5.01 Å². The van der Waals surface area contributed by atoms with Crippen molar-refractivity contribution in [3.05, 3.63) is 69.4 Å². The molecule has 1 amide bonds. The highest BCUT2D eigenvalue weighted by molar-refractivity contribution is 7.13. The Morgan fingerprint density at radius 3 is 2.86 bits per heavy atom. The number of nitrogens with zero attached hydrogens (tertiary/aromatic N) is 3. The Labute approximate surface area is 166 Å². The lowest BCUT2D eigenvalue weighted by Gasteiger charge is -2.31. The zero-order chi connectivity index (χ0) is 19.5. The van der Waals surface area contributed by atoms with Gasteiger partial charge in [-0.1, -0.05) is 29.5 Å². The van der Waals surface area contributed by atoms with Crippen molar-refractivity contribution in [2.24, 2.45) is 0 Å². The monoisotopic (exact) mass is 397 g/mol. The summed E-state index contributed by atoms with van der Waals surface area (Å²) in [6, 6.07) is 12.0. The summed E-state index contributed by atoms with van der Waals surface area (Å²) in [5, 5.41) is 12.1. The molecule has 1 aromatic heterocycles. The van der Waals surface area contributed by atoms with E-state index < -0.39 is 0 Å².